The first-order valence-corrected chi connectivity index (χ1v) is 6.37. The molecule has 0 saturated carbocycles. The van der Waals surface area contributed by atoms with Crippen molar-refractivity contribution < 1.29 is 14.3 Å². The number of esters is 1. The predicted molar refractivity (Wildman–Crippen MR) is 72.1 cm³/mol. The smallest absolute Gasteiger partial charge is 0.331 e. The van der Waals surface area contributed by atoms with Crippen molar-refractivity contribution in [1.29, 1.82) is 0 Å². The first-order chi connectivity index (χ1) is 8.63. The maximum absolute atomic E-state index is 11.4. The van der Waals surface area contributed by atoms with Gasteiger partial charge in [-0.1, -0.05) is 6.08 Å². The summed E-state index contributed by atoms with van der Waals surface area (Å²) in [5.41, 5.74) is 0.931. The Balaban J connectivity index is 2.39. The van der Waals surface area contributed by atoms with E-state index in [0.29, 0.717) is 6.54 Å². The Kier molecular flexibility index (Phi) is 5.87. The van der Waals surface area contributed by atoms with Crippen molar-refractivity contribution in [2.24, 2.45) is 0 Å². The van der Waals surface area contributed by atoms with E-state index in [-0.39, 0.29) is 5.91 Å². The van der Waals surface area contributed by atoms with Crippen LogP contribution in [-0.4, -0.2) is 24.5 Å². The van der Waals surface area contributed by atoms with Crippen molar-refractivity contribution in [1.82, 2.24) is 5.32 Å². The molecule has 1 N–H and O–H groups in total. The highest BCUT2D eigenvalue weighted by molar-refractivity contribution is 7.08. The highest BCUT2D eigenvalue weighted by Gasteiger charge is 2.15. The van der Waals surface area contributed by atoms with Gasteiger partial charge in [0.2, 0.25) is 0 Å². The Morgan fingerprint density at radius 3 is 3.00 bits per heavy atom. The molecule has 0 radical (unpaired) electrons. The third kappa shape index (κ3) is 4.97. The summed E-state index contributed by atoms with van der Waals surface area (Å²) in [7, 11) is 0. The van der Waals surface area contributed by atoms with Crippen molar-refractivity contribution in [3.63, 3.8) is 0 Å². The normalized spacial score (nSPS) is 12.1. The lowest BCUT2D eigenvalue weighted by Gasteiger charge is -2.10. The van der Waals surface area contributed by atoms with Gasteiger partial charge in [0.1, 0.15) is 0 Å². The van der Waals surface area contributed by atoms with Gasteiger partial charge in [0, 0.05) is 12.6 Å². The average Bonchev–Trinajstić information content (AvgIpc) is 2.86. The minimum absolute atomic E-state index is 0.341. The van der Waals surface area contributed by atoms with E-state index in [1.54, 1.807) is 23.5 Å². The van der Waals surface area contributed by atoms with Gasteiger partial charge in [-0.05, 0) is 35.4 Å². The summed E-state index contributed by atoms with van der Waals surface area (Å²) in [6, 6.07) is 1.88. The first kappa shape index (κ1) is 14.2. The van der Waals surface area contributed by atoms with Gasteiger partial charge >= 0.3 is 5.97 Å². The topological polar surface area (TPSA) is 55.4 Å². The third-order valence-electron chi connectivity index (χ3n) is 2.04. The highest BCUT2D eigenvalue weighted by Crippen LogP contribution is 2.07. The lowest BCUT2D eigenvalue weighted by atomic mass is 10.3. The van der Waals surface area contributed by atoms with Crippen LogP contribution < -0.4 is 5.32 Å². The molecule has 18 heavy (non-hydrogen) atoms. The molecule has 0 bridgehead atoms. The zero-order chi connectivity index (χ0) is 13.4. The molecule has 1 heterocycles. The van der Waals surface area contributed by atoms with Crippen LogP contribution in [0, 0.1) is 0 Å². The van der Waals surface area contributed by atoms with Crippen molar-refractivity contribution >= 4 is 29.3 Å². The highest BCUT2D eigenvalue weighted by atomic mass is 32.1. The number of nitrogens with one attached hydrogen (secondary N) is 1. The monoisotopic (exact) mass is 265 g/mol. The lowest BCUT2D eigenvalue weighted by Crippen LogP contribution is -2.35. The molecule has 0 spiro atoms. The number of carbonyl (C=O) groups excluding carboxylic acids is 2. The standard InChI is InChI=1S/C13H15NO3S/c1-3-7-14-13(16)10(2)17-12(15)5-4-11-6-8-18-9-11/h3-6,8-10H,1,7H2,2H3,(H,14,16)/b5-4+/t10-/m1/s1. The summed E-state index contributed by atoms with van der Waals surface area (Å²) in [5, 5.41) is 6.37. The van der Waals surface area contributed by atoms with E-state index in [1.165, 1.54) is 13.0 Å². The van der Waals surface area contributed by atoms with E-state index >= 15 is 0 Å². The fourth-order valence-corrected chi connectivity index (χ4v) is 1.75. The fraction of sp³-hybridized carbons (Fsp3) is 0.231. The molecule has 1 atom stereocenters. The largest absolute Gasteiger partial charge is 0.449 e. The van der Waals surface area contributed by atoms with E-state index in [1.807, 2.05) is 16.8 Å². The number of carbonyl (C=O) groups is 2. The van der Waals surface area contributed by atoms with E-state index in [2.05, 4.69) is 11.9 Å². The molecule has 0 unspecified atom stereocenters. The van der Waals surface area contributed by atoms with Crippen LogP contribution in [0.25, 0.3) is 6.08 Å². The van der Waals surface area contributed by atoms with Crippen LogP contribution in [0.2, 0.25) is 0 Å². The summed E-state index contributed by atoms with van der Waals surface area (Å²) in [5.74, 6) is -0.880. The fourth-order valence-electron chi connectivity index (χ4n) is 1.12. The van der Waals surface area contributed by atoms with Crippen molar-refractivity contribution in [3.8, 4) is 0 Å². The zero-order valence-corrected chi connectivity index (χ0v) is 10.9. The summed E-state index contributed by atoms with van der Waals surface area (Å²) in [6.45, 7) is 5.35. The number of hydrogen-bond donors (Lipinski definition) is 1. The third-order valence-corrected chi connectivity index (χ3v) is 2.74. The number of thiophene rings is 1. The van der Waals surface area contributed by atoms with Gasteiger partial charge in [0.25, 0.3) is 5.91 Å². The van der Waals surface area contributed by atoms with E-state index in [0.717, 1.165) is 5.56 Å². The predicted octanol–water partition coefficient (Wildman–Crippen LogP) is 2.00. The maximum Gasteiger partial charge on any atom is 0.331 e. The molecule has 0 aliphatic carbocycles. The quantitative estimate of drug-likeness (QED) is 0.486. The number of hydrogen-bond acceptors (Lipinski definition) is 4. The van der Waals surface area contributed by atoms with Gasteiger partial charge in [-0.3, -0.25) is 4.79 Å². The Morgan fingerprint density at radius 1 is 1.61 bits per heavy atom. The second kappa shape index (κ2) is 7.45. The molecule has 5 heteroatoms. The number of ether oxygens (including phenoxy) is 1. The maximum atomic E-state index is 11.4. The molecule has 1 aromatic heterocycles. The number of rotatable bonds is 6. The molecule has 1 rings (SSSR count). The molecular formula is C13H15NO3S. The Morgan fingerprint density at radius 2 is 2.39 bits per heavy atom. The molecule has 1 aromatic rings. The van der Waals surface area contributed by atoms with Crippen molar-refractivity contribution in [3.05, 3.63) is 41.1 Å². The Hall–Kier alpha value is -1.88. The van der Waals surface area contributed by atoms with Crippen LogP contribution >= 0.6 is 11.3 Å². The molecule has 4 nitrogen and oxygen atoms in total. The van der Waals surface area contributed by atoms with Crippen LogP contribution in [0.4, 0.5) is 0 Å². The van der Waals surface area contributed by atoms with Gasteiger partial charge in [0.05, 0.1) is 0 Å². The molecule has 0 aliphatic rings. The van der Waals surface area contributed by atoms with Crippen molar-refractivity contribution in [2.45, 2.75) is 13.0 Å². The Bertz CT molecular complexity index is 437. The summed E-state index contributed by atoms with van der Waals surface area (Å²) in [6.07, 6.45) is 3.69. The van der Waals surface area contributed by atoms with Crippen LogP contribution in [0.15, 0.2) is 35.6 Å². The molecule has 0 aliphatic heterocycles. The molecule has 0 saturated heterocycles. The summed E-state index contributed by atoms with van der Waals surface area (Å²) in [4.78, 5) is 22.8. The van der Waals surface area contributed by atoms with Gasteiger partial charge in [-0.2, -0.15) is 11.3 Å². The van der Waals surface area contributed by atoms with Crippen LogP contribution in [0.1, 0.15) is 12.5 Å². The summed E-state index contributed by atoms with van der Waals surface area (Å²) >= 11 is 1.54. The minimum atomic E-state index is -0.815. The van der Waals surface area contributed by atoms with Gasteiger partial charge in [0.15, 0.2) is 6.10 Å². The molecule has 1 amide bonds. The van der Waals surface area contributed by atoms with Crippen LogP contribution in [0.5, 0.6) is 0 Å². The van der Waals surface area contributed by atoms with E-state index in [4.69, 9.17) is 4.74 Å². The van der Waals surface area contributed by atoms with Gasteiger partial charge < -0.3 is 10.1 Å². The average molecular weight is 265 g/mol. The second-order valence-corrected chi connectivity index (χ2v) is 4.28. The SMILES string of the molecule is C=CCNC(=O)[C@@H](C)OC(=O)/C=C/c1ccsc1. The van der Waals surface area contributed by atoms with Crippen LogP contribution in [-0.2, 0) is 14.3 Å². The lowest BCUT2D eigenvalue weighted by molar-refractivity contribution is -0.150. The molecule has 0 fully saturated rings. The molecule has 0 aromatic carbocycles. The van der Waals surface area contributed by atoms with E-state index in [9.17, 15) is 9.59 Å². The summed E-state index contributed by atoms with van der Waals surface area (Å²) < 4.78 is 4.94. The van der Waals surface area contributed by atoms with Gasteiger partial charge in [-0.25, -0.2) is 4.79 Å². The minimum Gasteiger partial charge on any atom is -0.449 e. The Labute approximate surface area is 110 Å². The molecule has 96 valence electrons. The van der Waals surface area contributed by atoms with Gasteiger partial charge in [-0.15, -0.1) is 6.58 Å². The van der Waals surface area contributed by atoms with E-state index < -0.39 is 12.1 Å². The zero-order valence-electron chi connectivity index (χ0n) is 10.1. The molecular weight excluding hydrogens is 250 g/mol. The van der Waals surface area contributed by atoms with Crippen molar-refractivity contribution in [2.75, 3.05) is 6.54 Å². The second-order valence-electron chi connectivity index (χ2n) is 3.50. The number of amides is 1. The van der Waals surface area contributed by atoms with Crippen LogP contribution in [0.3, 0.4) is 0 Å². The first-order valence-electron chi connectivity index (χ1n) is 5.43.